The number of nitrogens with one attached hydrogen (secondary N) is 1. The first-order valence-electron chi connectivity index (χ1n) is 5.45. The van der Waals surface area contributed by atoms with E-state index in [9.17, 15) is 8.42 Å². The first kappa shape index (κ1) is 14.4. The number of hydrogen-bond donors (Lipinski definition) is 2. The highest BCUT2D eigenvalue weighted by molar-refractivity contribution is 9.11. The van der Waals surface area contributed by atoms with Crippen LogP contribution >= 0.6 is 27.3 Å². The molecule has 0 fully saturated rings. The fraction of sp³-hybridized carbons (Fsp3) is 0.167. The molecular weight excluding hydrogens is 348 g/mol. The molecule has 19 heavy (non-hydrogen) atoms. The molecule has 1 aromatic carbocycles. The van der Waals surface area contributed by atoms with Crippen LogP contribution in [-0.4, -0.2) is 8.42 Å². The molecule has 0 aliphatic carbocycles. The van der Waals surface area contributed by atoms with Crippen LogP contribution in [0.1, 0.15) is 11.1 Å². The normalized spacial score (nSPS) is 11.5. The number of anilines is 2. The number of nitrogens with two attached hydrogens (primary N) is 1. The lowest BCUT2D eigenvalue weighted by molar-refractivity contribution is 0.603. The zero-order valence-electron chi connectivity index (χ0n) is 10.4. The molecule has 0 saturated carbocycles. The van der Waals surface area contributed by atoms with Crippen molar-refractivity contribution in [3.05, 3.63) is 39.2 Å². The number of hydrogen-bond acceptors (Lipinski definition) is 4. The third-order valence-electron chi connectivity index (χ3n) is 2.77. The molecule has 2 aromatic rings. The van der Waals surface area contributed by atoms with Gasteiger partial charge in [-0.25, -0.2) is 8.42 Å². The third kappa shape index (κ3) is 2.93. The maximum Gasteiger partial charge on any atom is 0.271 e. The molecule has 0 radical (unpaired) electrons. The number of sulfonamides is 1. The molecule has 1 aromatic heterocycles. The standard InChI is InChI=1S/C12H13BrN2O2S2/c1-7-3-4-9(14)8(2)12(7)15-19(16,17)11-6-5-10(13)18-11/h3-6,15H,14H2,1-2H3. The maximum absolute atomic E-state index is 12.3. The molecule has 0 unspecified atom stereocenters. The van der Waals surface area contributed by atoms with E-state index in [1.165, 1.54) is 0 Å². The number of nitrogen functional groups attached to an aromatic ring is 1. The van der Waals surface area contributed by atoms with E-state index in [1.807, 2.05) is 6.92 Å². The van der Waals surface area contributed by atoms with Gasteiger partial charge in [0.2, 0.25) is 0 Å². The summed E-state index contributed by atoms with van der Waals surface area (Å²) >= 11 is 4.42. The average Bonchev–Trinajstić information content (AvgIpc) is 2.77. The Morgan fingerprint density at radius 2 is 1.89 bits per heavy atom. The van der Waals surface area contributed by atoms with Gasteiger partial charge in [-0.1, -0.05) is 6.07 Å². The molecule has 7 heteroatoms. The van der Waals surface area contributed by atoms with Crippen molar-refractivity contribution in [2.24, 2.45) is 0 Å². The van der Waals surface area contributed by atoms with Crippen LogP contribution in [0.2, 0.25) is 0 Å². The Morgan fingerprint density at radius 3 is 2.47 bits per heavy atom. The van der Waals surface area contributed by atoms with E-state index in [1.54, 1.807) is 31.2 Å². The number of rotatable bonds is 3. The van der Waals surface area contributed by atoms with Crippen molar-refractivity contribution < 1.29 is 8.42 Å². The number of thiophene rings is 1. The van der Waals surface area contributed by atoms with E-state index in [2.05, 4.69) is 20.7 Å². The minimum absolute atomic E-state index is 0.264. The zero-order valence-corrected chi connectivity index (χ0v) is 13.6. The van der Waals surface area contributed by atoms with Crippen molar-refractivity contribution in [2.75, 3.05) is 10.5 Å². The lowest BCUT2D eigenvalue weighted by atomic mass is 10.1. The number of benzene rings is 1. The van der Waals surface area contributed by atoms with Crippen molar-refractivity contribution in [1.29, 1.82) is 0 Å². The SMILES string of the molecule is Cc1ccc(N)c(C)c1NS(=O)(=O)c1ccc(Br)s1. The van der Waals surface area contributed by atoms with Gasteiger partial charge in [0.25, 0.3) is 10.0 Å². The topological polar surface area (TPSA) is 72.2 Å². The molecule has 0 aliphatic heterocycles. The van der Waals surface area contributed by atoms with Crippen LogP contribution in [0.15, 0.2) is 32.3 Å². The van der Waals surface area contributed by atoms with E-state index in [-0.39, 0.29) is 4.21 Å². The Hall–Kier alpha value is -1.05. The van der Waals surface area contributed by atoms with Gasteiger partial charge in [0.15, 0.2) is 0 Å². The highest BCUT2D eigenvalue weighted by Crippen LogP contribution is 2.31. The Labute approximate surface area is 124 Å². The summed E-state index contributed by atoms with van der Waals surface area (Å²) in [6.45, 7) is 3.64. The molecule has 0 amide bonds. The molecule has 102 valence electrons. The van der Waals surface area contributed by atoms with Crippen molar-refractivity contribution in [3.8, 4) is 0 Å². The van der Waals surface area contributed by atoms with Gasteiger partial charge in [-0.05, 0) is 59.1 Å². The van der Waals surface area contributed by atoms with Crippen LogP contribution in [0.3, 0.4) is 0 Å². The maximum atomic E-state index is 12.3. The Balaban J connectivity index is 2.44. The van der Waals surface area contributed by atoms with Gasteiger partial charge in [-0.3, -0.25) is 4.72 Å². The van der Waals surface area contributed by atoms with Gasteiger partial charge >= 0.3 is 0 Å². The second kappa shape index (κ2) is 5.15. The zero-order chi connectivity index (χ0) is 14.2. The summed E-state index contributed by atoms with van der Waals surface area (Å²) in [5, 5.41) is 0. The second-order valence-electron chi connectivity index (χ2n) is 4.14. The largest absolute Gasteiger partial charge is 0.398 e. The van der Waals surface area contributed by atoms with Crippen molar-refractivity contribution >= 4 is 48.7 Å². The van der Waals surface area contributed by atoms with Crippen molar-refractivity contribution in [2.45, 2.75) is 18.1 Å². The van der Waals surface area contributed by atoms with Crippen LogP contribution < -0.4 is 10.5 Å². The third-order valence-corrected chi connectivity index (χ3v) is 6.23. The van der Waals surface area contributed by atoms with Crippen molar-refractivity contribution in [1.82, 2.24) is 0 Å². The van der Waals surface area contributed by atoms with Gasteiger partial charge in [0.1, 0.15) is 4.21 Å². The van der Waals surface area contributed by atoms with Crippen LogP contribution in [0, 0.1) is 13.8 Å². The smallest absolute Gasteiger partial charge is 0.271 e. The van der Waals surface area contributed by atoms with E-state index in [0.717, 1.165) is 26.3 Å². The predicted molar refractivity (Wildman–Crippen MR) is 83.2 cm³/mol. The Kier molecular flexibility index (Phi) is 3.89. The fourth-order valence-corrected chi connectivity index (χ4v) is 4.85. The van der Waals surface area contributed by atoms with Crippen LogP contribution in [0.4, 0.5) is 11.4 Å². The van der Waals surface area contributed by atoms with E-state index >= 15 is 0 Å². The highest BCUT2D eigenvalue weighted by Gasteiger charge is 2.19. The van der Waals surface area contributed by atoms with E-state index in [4.69, 9.17) is 5.73 Å². The van der Waals surface area contributed by atoms with Gasteiger partial charge in [0, 0.05) is 5.69 Å². The lowest BCUT2D eigenvalue weighted by Crippen LogP contribution is -2.14. The minimum Gasteiger partial charge on any atom is -0.398 e. The molecule has 0 atom stereocenters. The summed E-state index contributed by atoms with van der Waals surface area (Å²) in [6, 6.07) is 6.83. The monoisotopic (exact) mass is 360 g/mol. The highest BCUT2D eigenvalue weighted by atomic mass is 79.9. The molecule has 0 bridgehead atoms. The quantitative estimate of drug-likeness (QED) is 0.822. The summed E-state index contributed by atoms with van der Waals surface area (Å²) in [4.78, 5) is 0. The Bertz CT molecular complexity index is 723. The number of halogens is 1. The van der Waals surface area contributed by atoms with Crippen molar-refractivity contribution in [3.63, 3.8) is 0 Å². The van der Waals surface area contributed by atoms with Gasteiger partial charge in [0.05, 0.1) is 9.47 Å². The predicted octanol–water partition coefficient (Wildman–Crippen LogP) is 3.51. The summed E-state index contributed by atoms with van der Waals surface area (Å²) in [6.07, 6.45) is 0. The van der Waals surface area contributed by atoms with Crippen LogP contribution in [-0.2, 0) is 10.0 Å². The van der Waals surface area contributed by atoms with Crippen LogP contribution in [0.25, 0.3) is 0 Å². The molecule has 4 nitrogen and oxygen atoms in total. The summed E-state index contributed by atoms with van der Waals surface area (Å²) < 4.78 is 28.2. The lowest BCUT2D eigenvalue weighted by Gasteiger charge is -2.13. The van der Waals surface area contributed by atoms with Gasteiger partial charge in [-0.2, -0.15) is 0 Å². The molecule has 1 heterocycles. The fourth-order valence-electron chi connectivity index (χ4n) is 1.65. The molecule has 0 spiro atoms. The average molecular weight is 361 g/mol. The van der Waals surface area contributed by atoms with Gasteiger partial charge < -0.3 is 5.73 Å². The van der Waals surface area contributed by atoms with E-state index in [0.29, 0.717) is 11.4 Å². The molecule has 0 aliphatic rings. The molecular formula is C12H13BrN2O2S2. The molecule has 2 rings (SSSR count). The Morgan fingerprint density at radius 1 is 1.21 bits per heavy atom. The minimum atomic E-state index is -3.57. The van der Waals surface area contributed by atoms with Crippen LogP contribution in [0.5, 0.6) is 0 Å². The first-order valence-corrected chi connectivity index (χ1v) is 8.54. The summed E-state index contributed by atoms with van der Waals surface area (Å²) in [5.74, 6) is 0. The van der Waals surface area contributed by atoms with Gasteiger partial charge in [-0.15, -0.1) is 11.3 Å². The molecule has 0 saturated heterocycles. The summed E-state index contributed by atoms with van der Waals surface area (Å²) in [7, 11) is -3.57. The summed E-state index contributed by atoms with van der Waals surface area (Å²) in [5.41, 5.74) is 8.50. The van der Waals surface area contributed by atoms with E-state index < -0.39 is 10.0 Å². The molecule has 3 N–H and O–H groups in total. The first-order chi connectivity index (χ1) is 8.81. The second-order valence-corrected chi connectivity index (χ2v) is 8.51. The number of aryl methyl sites for hydroxylation is 1.